The maximum atomic E-state index is 12.0. The van der Waals surface area contributed by atoms with Crippen LogP contribution in [0, 0.1) is 0 Å². The number of nitrogens with zero attached hydrogens (tertiary/aromatic N) is 3. The van der Waals surface area contributed by atoms with Crippen molar-refractivity contribution in [1.82, 2.24) is 14.5 Å². The lowest BCUT2D eigenvalue weighted by molar-refractivity contribution is 0.452. The normalized spacial score (nSPS) is 11.4. The predicted octanol–water partition coefficient (Wildman–Crippen LogP) is 3.93. The third kappa shape index (κ3) is 3.04. The van der Waals surface area contributed by atoms with Gasteiger partial charge in [0.2, 0.25) is 5.88 Å². The van der Waals surface area contributed by atoms with Gasteiger partial charge in [-0.15, -0.1) is 0 Å². The van der Waals surface area contributed by atoms with E-state index in [0.29, 0.717) is 16.3 Å². The lowest BCUT2D eigenvalue weighted by atomic mass is 10.1. The molecule has 0 amide bonds. The predicted molar refractivity (Wildman–Crippen MR) is 105 cm³/mol. The van der Waals surface area contributed by atoms with E-state index in [-0.39, 0.29) is 11.4 Å². The van der Waals surface area contributed by atoms with Crippen molar-refractivity contribution in [2.45, 2.75) is 0 Å². The Balaban J connectivity index is 1.73. The monoisotopic (exact) mass is 408 g/mol. The number of aromatic hydroxyl groups is 1. The topological polar surface area (TPSA) is 83.3 Å². The number of halogens is 1. The number of fused-ring (bicyclic) bond motifs is 1. The van der Waals surface area contributed by atoms with Crippen LogP contribution in [0.3, 0.4) is 0 Å². The number of pyridine rings is 1. The van der Waals surface area contributed by atoms with Gasteiger partial charge in [0.05, 0.1) is 17.6 Å². The minimum Gasteiger partial charge on any atom is -0.494 e. The fourth-order valence-corrected chi connectivity index (χ4v) is 3.06. The molecule has 7 heteroatoms. The van der Waals surface area contributed by atoms with Crippen LogP contribution in [-0.4, -0.2) is 25.9 Å². The van der Waals surface area contributed by atoms with E-state index >= 15 is 0 Å². The molecule has 4 aromatic rings. The van der Waals surface area contributed by atoms with E-state index in [2.05, 4.69) is 30.9 Å². The van der Waals surface area contributed by atoms with Gasteiger partial charge in [0.1, 0.15) is 0 Å². The summed E-state index contributed by atoms with van der Waals surface area (Å²) in [4.78, 5) is 22.9. The van der Waals surface area contributed by atoms with E-state index in [1.54, 1.807) is 36.9 Å². The first-order valence-corrected chi connectivity index (χ1v) is 8.58. The van der Waals surface area contributed by atoms with Crippen LogP contribution in [0.15, 0.2) is 75.4 Å². The van der Waals surface area contributed by atoms with Crippen molar-refractivity contribution in [1.29, 1.82) is 0 Å². The van der Waals surface area contributed by atoms with Gasteiger partial charge in [-0.05, 0) is 42.5 Å². The van der Waals surface area contributed by atoms with Crippen molar-refractivity contribution in [2.75, 3.05) is 0 Å². The standard InChI is InChI=1S/C19H13BrN4O2/c20-12-1-6-15-16(9-12)17(19(26)23-18(15)25)10-22-13-2-4-14(5-3-13)24-8-7-21-11-24/h1-11H,(H2,23,25,26). The zero-order chi connectivity index (χ0) is 18.1. The van der Waals surface area contributed by atoms with Crippen LogP contribution < -0.4 is 5.56 Å². The summed E-state index contributed by atoms with van der Waals surface area (Å²) in [7, 11) is 0. The lowest BCUT2D eigenvalue weighted by Crippen LogP contribution is -2.08. The lowest BCUT2D eigenvalue weighted by Gasteiger charge is -2.05. The molecule has 0 unspecified atom stereocenters. The number of hydrogen-bond donors (Lipinski definition) is 2. The second kappa shape index (κ2) is 6.61. The SMILES string of the molecule is O=c1[nH]c(O)c(C=Nc2ccc(-n3ccnc3)cc2)c2cc(Br)ccc12. The number of imidazole rings is 1. The summed E-state index contributed by atoms with van der Waals surface area (Å²) in [6, 6.07) is 12.9. The number of aromatic nitrogens is 3. The van der Waals surface area contributed by atoms with E-state index in [0.717, 1.165) is 15.8 Å². The minimum absolute atomic E-state index is 0.209. The van der Waals surface area contributed by atoms with Gasteiger partial charge in [0.15, 0.2) is 0 Å². The molecule has 2 aromatic heterocycles. The third-order valence-electron chi connectivity index (χ3n) is 4.00. The van der Waals surface area contributed by atoms with Gasteiger partial charge >= 0.3 is 0 Å². The Bertz CT molecular complexity index is 1160. The number of hydrogen-bond acceptors (Lipinski definition) is 4. The zero-order valence-electron chi connectivity index (χ0n) is 13.4. The minimum atomic E-state index is -0.341. The molecule has 0 aliphatic rings. The Kier molecular flexibility index (Phi) is 4.14. The second-order valence-corrected chi connectivity index (χ2v) is 6.57. The number of aliphatic imine (C=N–C) groups is 1. The number of aromatic amines is 1. The molecule has 0 fully saturated rings. The Morgan fingerprint density at radius 2 is 1.96 bits per heavy atom. The highest BCUT2D eigenvalue weighted by molar-refractivity contribution is 9.10. The molecule has 0 aliphatic heterocycles. The molecule has 128 valence electrons. The fraction of sp³-hybridized carbons (Fsp3) is 0. The average molecular weight is 409 g/mol. The van der Waals surface area contributed by atoms with Crippen LogP contribution in [-0.2, 0) is 0 Å². The summed E-state index contributed by atoms with van der Waals surface area (Å²) in [5.41, 5.74) is 1.82. The van der Waals surface area contributed by atoms with Crippen molar-refractivity contribution < 1.29 is 5.11 Å². The van der Waals surface area contributed by atoms with Crippen molar-refractivity contribution >= 4 is 38.6 Å². The van der Waals surface area contributed by atoms with Gasteiger partial charge in [-0.25, -0.2) is 4.98 Å². The molecule has 0 spiro atoms. The quantitative estimate of drug-likeness (QED) is 0.503. The average Bonchev–Trinajstić information content (AvgIpc) is 3.16. The smallest absolute Gasteiger partial charge is 0.258 e. The van der Waals surface area contributed by atoms with E-state index in [1.807, 2.05) is 35.0 Å². The molecule has 0 saturated heterocycles. The van der Waals surface area contributed by atoms with Crippen LogP contribution in [0.1, 0.15) is 5.56 Å². The maximum Gasteiger partial charge on any atom is 0.258 e. The molecule has 4 rings (SSSR count). The molecule has 0 atom stereocenters. The molecule has 0 aliphatic carbocycles. The van der Waals surface area contributed by atoms with Gasteiger partial charge in [-0.1, -0.05) is 15.9 Å². The van der Waals surface area contributed by atoms with Gasteiger partial charge in [0, 0.05) is 39.5 Å². The molecular weight excluding hydrogens is 396 g/mol. The van der Waals surface area contributed by atoms with Crippen molar-refractivity contribution in [2.24, 2.45) is 4.99 Å². The van der Waals surface area contributed by atoms with Gasteiger partial charge in [-0.2, -0.15) is 0 Å². The van der Waals surface area contributed by atoms with Gasteiger partial charge < -0.3 is 9.67 Å². The molecule has 0 radical (unpaired) electrons. The summed E-state index contributed by atoms with van der Waals surface area (Å²) in [6.45, 7) is 0. The van der Waals surface area contributed by atoms with E-state index < -0.39 is 0 Å². The number of rotatable bonds is 3. The molecular formula is C19H13BrN4O2. The van der Waals surface area contributed by atoms with Gasteiger partial charge in [0.25, 0.3) is 5.56 Å². The Hall–Kier alpha value is -3.19. The molecule has 2 aromatic carbocycles. The summed E-state index contributed by atoms with van der Waals surface area (Å²) >= 11 is 3.39. The first-order valence-electron chi connectivity index (χ1n) is 7.79. The Labute approximate surface area is 156 Å². The molecule has 6 nitrogen and oxygen atoms in total. The van der Waals surface area contributed by atoms with Crippen LogP contribution in [0.5, 0.6) is 5.88 Å². The summed E-state index contributed by atoms with van der Waals surface area (Å²) in [5, 5.41) is 11.3. The third-order valence-corrected chi connectivity index (χ3v) is 4.49. The van der Waals surface area contributed by atoms with Crippen LogP contribution in [0.4, 0.5) is 5.69 Å². The fourth-order valence-electron chi connectivity index (χ4n) is 2.70. The summed E-state index contributed by atoms with van der Waals surface area (Å²) in [6.07, 6.45) is 6.85. The van der Waals surface area contributed by atoms with E-state index in [4.69, 9.17) is 0 Å². The van der Waals surface area contributed by atoms with Crippen LogP contribution in [0.2, 0.25) is 0 Å². The van der Waals surface area contributed by atoms with E-state index in [9.17, 15) is 9.90 Å². The molecule has 26 heavy (non-hydrogen) atoms. The molecule has 0 saturated carbocycles. The number of benzene rings is 2. The summed E-state index contributed by atoms with van der Waals surface area (Å²) in [5.74, 6) is -0.209. The molecule has 2 heterocycles. The van der Waals surface area contributed by atoms with Crippen molar-refractivity contribution in [3.05, 3.63) is 81.6 Å². The van der Waals surface area contributed by atoms with Crippen LogP contribution >= 0.6 is 15.9 Å². The highest BCUT2D eigenvalue weighted by Crippen LogP contribution is 2.25. The molecule has 0 bridgehead atoms. The number of nitrogens with one attached hydrogen (secondary N) is 1. The van der Waals surface area contributed by atoms with Crippen molar-refractivity contribution in [3.8, 4) is 11.6 Å². The largest absolute Gasteiger partial charge is 0.494 e. The van der Waals surface area contributed by atoms with Gasteiger partial charge in [-0.3, -0.25) is 14.8 Å². The highest BCUT2D eigenvalue weighted by Gasteiger charge is 2.09. The molecule has 2 N–H and O–H groups in total. The zero-order valence-corrected chi connectivity index (χ0v) is 15.0. The Morgan fingerprint density at radius 1 is 1.15 bits per heavy atom. The highest BCUT2D eigenvalue weighted by atomic mass is 79.9. The van der Waals surface area contributed by atoms with Crippen LogP contribution in [0.25, 0.3) is 16.5 Å². The summed E-state index contributed by atoms with van der Waals surface area (Å²) < 4.78 is 2.71. The maximum absolute atomic E-state index is 12.0. The number of H-pyrrole nitrogens is 1. The van der Waals surface area contributed by atoms with E-state index in [1.165, 1.54) is 0 Å². The first-order chi connectivity index (χ1) is 12.6. The first kappa shape index (κ1) is 16.3. The second-order valence-electron chi connectivity index (χ2n) is 5.65. The Morgan fingerprint density at radius 3 is 2.69 bits per heavy atom. The van der Waals surface area contributed by atoms with Crippen molar-refractivity contribution in [3.63, 3.8) is 0 Å².